The molecule has 0 aliphatic heterocycles. The smallest absolute Gasteiger partial charge is 0.291 e. The molecule has 2 saturated carbocycles. The molecule has 7 heteroatoms. The second kappa shape index (κ2) is 4.90. The van der Waals surface area contributed by atoms with Crippen LogP contribution in [0.3, 0.4) is 0 Å². The van der Waals surface area contributed by atoms with E-state index in [1.807, 2.05) is 6.92 Å². The van der Waals surface area contributed by atoms with Crippen LogP contribution in [0, 0.1) is 0 Å². The van der Waals surface area contributed by atoms with Crippen LogP contribution in [-0.2, 0) is 4.74 Å². The minimum Gasteiger partial charge on any atom is -0.376 e. The summed E-state index contributed by atoms with van der Waals surface area (Å²) in [6, 6.07) is -0.197. The Morgan fingerprint density at radius 2 is 2.37 bits per heavy atom. The van der Waals surface area contributed by atoms with Gasteiger partial charge in [0, 0.05) is 18.6 Å². The molecule has 3 unspecified atom stereocenters. The Balaban J connectivity index is 1.60. The number of rotatable bonds is 5. The number of hydrogen-bond donors (Lipinski definition) is 3. The van der Waals surface area contributed by atoms with E-state index in [9.17, 15) is 4.79 Å². The molecule has 104 valence electrons. The van der Waals surface area contributed by atoms with Crippen LogP contribution in [0.2, 0.25) is 0 Å². The third kappa shape index (κ3) is 2.48. The Labute approximate surface area is 111 Å². The summed E-state index contributed by atoms with van der Waals surface area (Å²) in [6.07, 6.45) is 3.03. The van der Waals surface area contributed by atoms with E-state index < -0.39 is 0 Å². The van der Waals surface area contributed by atoms with E-state index in [-0.39, 0.29) is 29.9 Å². The summed E-state index contributed by atoms with van der Waals surface area (Å²) in [6.45, 7) is 2.55. The molecule has 0 saturated heterocycles. The quantitative estimate of drug-likeness (QED) is 0.690. The van der Waals surface area contributed by atoms with Crippen molar-refractivity contribution < 1.29 is 9.53 Å². The molecule has 19 heavy (non-hydrogen) atoms. The van der Waals surface area contributed by atoms with Crippen LogP contribution in [-0.4, -0.2) is 45.9 Å². The Bertz CT molecular complexity index is 468. The van der Waals surface area contributed by atoms with E-state index in [2.05, 4.69) is 20.5 Å². The summed E-state index contributed by atoms with van der Waals surface area (Å²) in [5.41, 5.74) is 5.89. The first kappa shape index (κ1) is 12.6. The minimum absolute atomic E-state index is 0.00537. The maximum Gasteiger partial charge on any atom is 0.291 e. The van der Waals surface area contributed by atoms with Gasteiger partial charge in [-0.2, -0.15) is 0 Å². The molecule has 0 bridgehead atoms. The molecular weight excluding hydrogens is 246 g/mol. The Kier molecular flexibility index (Phi) is 3.24. The standard InChI is InChI=1S/C12H19N5O2/c1-2-19-8-5-7(13)9(8)14-12(18)11-15-10(16-17-11)6-3-4-6/h6-9H,2-5,13H2,1H3,(H,14,18)(H,15,16,17). The molecular formula is C12H19N5O2. The molecule has 7 nitrogen and oxygen atoms in total. The van der Waals surface area contributed by atoms with Crippen LogP contribution in [0.25, 0.3) is 0 Å². The van der Waals surface area contributed by atoms with Gasteiger partial charge in [0.05, 0.1) is 12.1 Å². The van der Waals surface area contributed by atoms with E-state index in [0.717, 1.165) is 25.1 Å². The molecule has 1 aromatic rings. The second-order valence-corrected chi connectivity index (χ2v) is 5.21. The van der Waals surface area contributed by atoms with Crippen molar-refractivity contribution in [1.82, 2.24) is 20.5 Å². The normalized spacial score (nSPS) is 29.9. The monoisotopic (exact) mass is 265 g/mol. The minimum atomic E-state index is -0.284. The van der Waals surface area contributed by atoms with Crippen LogP contribution in [0.5, 0.6) is 0 Å². The van der Waals surface area contributed by atoms with Gasteiger partial charge in [0.15, 0.2) is 0 Å². The van der Waals surface area contributed by atoms with Gasteiger partial charge in [-0.3, -0.25) is 9.89 Å². The van der Waals surface area contributed by atoms with Crippen LogP contribution >= 0.6 is 0 Å². The van der Waals surface area contributed by atoms with E-state index in [1.165, 1.54) is 0 Å². The molecule has 1 heterocycles. The number of aromatic nitrogens is 3. The van der Waals surface area contributed by atoms with Gasteiger partial charge in [-0.1, -0.05) is 0 Å². The van der Waals surface area contributed by atoms with E-state index in [1.54, 1.807) is 0 Å². The Morgan fingerprint density at radius 1 is 1.58 bits per heavy atom. The first-order valence-electron chi connectivity index (χ1n) is 6.79. The number of amides is 1. The summed E-state index contributed by atoms with van der Waals surface area (Å²) < 4.78 is 5.51. The zero-order valence-electron chi connectivity index (χ0n) is 10.9. The fraction of sp³-hybridized carbons (Fsp3) is 0.750. The van der Waals surface area contributed by atoms with Gasteiger partial charge < -0.3 is 15.8 Å². The summed E-state index contributed by atoms with van der Waals surface area (Å²) in [4.78, 5) is 16.3. The molecule has 0 spiro atoms. The fourth-order valence-electron chi connectivity index (χ4n) is 2.36. The highest BCUT2D eigenvalue weighted by atomic mass is 16.5. The van der Waals surface area contributed by atoms with Crippen molar-refractivity contribution in [1.29, 1.82) is 0 Å². The van der Waals surface area contributed by atoms with E-state index >= 15 is 0 Å². The van der Waals surface area contributed by atoms with Gasteiger partial charge in [-0.25, -0.2) is 4.98 Å². The number of carbonyl (C=O) groups is 1. The summed E-state index contributed by atoms with van der Waals surface area (Å²) in [5, 5.41) is 9.63. The van der Waals surface area contributed by atoms with Crippen molar-refractivity contribution in [3.05, 3.63) is 11.6 Å². The number of H-pyrrole nitrogens is 1. The lowest BCUT2D eigenvalue weighted by Crippen LogP contribution is -2.64. The number of nitrogens with zero attached hydrogens (tertiary/aromatic N) is 2. The van der Waals surface area contributed by atoms with Gasteiger partial charge in [0.25, 0.3) is 5.91 Å². The van der Waals surface area contributed by atoms with Gasteiger partial charge in [-0.15, -0.1) is 5.10 Å². The number of nitrogens with two attached hydrogens (primary N) is 1. The largest absolute Gasteiger partial charge is 0.376 e. The Morgan fingerprint density at radius 3 is 3.00 bits per heavy atom. The van der Waals surface area contributed by atoms with Gasteiger partial charge in [0.1, 0.15) is 5.82 Å². The zero-order valence-corrected chi connectivity index (χ0v) is 10.9. The summed E-state index contributed by atoms with van der Waals surface area (Å²) in [5.74, 6) is 1.17. The maximum atomic E-state index is 12.0. The number of ether oxygens (including phenoxy) is 1. The molecule has 4 N–H and O–H groups in total. The van der Waals surface area contributed by atoms with Crippen molar-refractivity contribution in [3.8, 4) is 0 Å². The van der Waals surface area contributed by atoms with Crippen molar-refractivity contribution in [2.24, 2.45) is 5.73 Å². The molecule has 2 aliphatic carbocycles. The van der Waals surface area contributed by atoms with Gasteiger partial charge in [0.2, 0.25) is 5.82 Å². The molecule has 2 aliphatic rings. The van der Waals surface area contributed by atoms with Crippen LogP contribution in [0.4, 0.5) is 0 Å². The fourth-order valence-corrected chi connectivity index (χ4v) is 2.36. The Hall–Kier alpha value is -1.47. The average Bonchev–Trinajstić information content (AvgIpc) is 3.13. The predicted octanol–water partition coefficient (Wildman–Crippen LogP) is -0.0834. The molecule has 0 aromatic carbocycles. The molecule has 0 radical (unpaired) electrons. The lowest BCUT2D eigenvalue weighted by molar-refractivity contribution is -0.0301. The second-order valence-electron chi connectivity index (χ2n) is 5.21. The van der Waals surface area contributed by atoms with Crippen molar-refractivity contribution in [2.45, 2.75) is 50.3 Å². The SMILES string of the molecule is CCOC1CC(N)C1NC(=O)c1n[nH]c(C2CC2)n1. The average molecular weight is 265 g/mol. The highest BCUT2D eigenvalue weighted by Crippen LogP contribution is 2.37. The highest BCUT2D eigenvalue weighted by Gasteiger charge is 2.41. The molecule has 3 rings (SSSR count). The first-order chi connectivity index (χ1) is 9.19. The lowest BCUT2D eigenvalue weighted by atomic mass is 9.83. The van der Waals surface area contributed by atoms with Gasteiger partial charge >= 0.3 is 0 Å². The zero-order chi connectivity index (χ0) is 13.4. The van der Waals surface area contributed by atoms with E-state index in [0.29, 0.717) is 12.5 Å². The maximum absolute atomic E-state index is 12.0. The van der Waals surface area contributed by atoms with Crippen molar-refractivity contribution in [2.75, 3.05) is 6.61 Å². The third-order valence-corrected chi connectivity index (χ3v) is 3.71. The molecule has 3 atom stereocenters. The first-order valence-corrected chi connectivity index (χ1v) is 6.79. The summed E-state index contributed by atoms with van der Waals surface area (Å²) >= 11 is 0. The topological polar surface area (TPSA) is 106 Å². The molecule has 1 aromatic heterocycles. The van der Waals surface area contributed by atoms with Crippen molar-refractivity contribution in [3.63, 3.8) is 0 Å². The van der Waals surface area contributed by atoms with Crippen molar-refractivity contribution >= 4 is 5.91 Å². The van der Waals surface area contributed by atoms with E-state index in [4.69, 9.17) is 10.5 Å². The lowest BCUT2D eigenvalue weighted by Gasteiger charge is -2.42. The number of nitrogens with one attached hydrogen (secondary N) is 2. The molecule has 2 fully saturated rings. The number of carbonyl (C=O) groups excluding carboxylic acids is 1. The summed E-state index contributed by atoms with van der Waals surface area (Å²) in [7, 11) is 0. The third-order valence-electron chi connectivity index (χ3n) is 3.71. The predicted molar refractivity (Wildman–Crippen MR) is 67.6 cm³/mol. The van der Waals surface area contributed by atoms with Gasteiger partial charge in [-0.05, 0) is 26.2 Å². The van der Waals surface area contributed by atoms with Crippen LogP contribution < -0.4 is 11.1 Å². The van der Waals surface area contributed by atoms with Crippen LogP contribution in [0.15, 0.2) is 0 Å². The highest BCUT2D eigenvalue weighted by molar-refractivity contribution is 5.90. The van der Waals surface area contributed by atoms with Crippen LogP contribution in [0.1, 0.15) is 48.5 Å². The molecule has 1 amide bonds. The number of hydrogen-bond acceptors (Lipinski definition) is 5. The number of aromatic amines is 1.